The van der Waals surface area contributed by atoms with Crippen molar-refractivity contribution in [2.45, 2.75) is 38.5 Å². The molecule has 1 aliphatic carbocycles. The van der Waals surface area contributed by atoms with Gasteiger partial charge in [0.1, 0.15) is 0 Å². The smallest absolute Gasteiger partial charge is 0.0762 e. The molecule has 2 aliphatic rings. The molecule has 3 rings (SSSR count). The number of aromatic nitrogens is 1. The number of nitrogens with one attached hydrogen (secondary N) is 2. The van der Waals surface area contributed by atoms with Gasteiger partial charge >= 0.3 is 0 Å². The third-order valence-electron chi connectivity index (χ3n) is 4.29. The van der Waals surface area contributed by atoms with Crippen LogP contribution < -0.4 is 10.6 Å². The Balaban J connectivity index is 1.79. The minimum Gasteiger partial charge on any atom is -0.383 e. The summed E-state index contributed by atoms with van der Waals surface area (Å²) in [6.07, 6.45) is 12.1. The van der Waals surface area contributed by atoms with Gasteiger partial charge in [0.15, 0.2) is 0 Å². The van der Waals surface area contributed by atoms with E-state index in [1.807, 2.05) is 12.4 Å². The van der Waals surface area contributed by atoms with Gasteiger partial charge in [-0.15, -0.1) is 0 Å². The number of nitrogens with zero attached hydrogens (tertiary/aromatic N) is 1. The fraction of sp³-hybridized carbons (Fsp3) is 0.643. The Morgan fingerprint density at radius 1 is 0.941 bits per heavy atom. The average molecular weight is 231 g/mol. The van der Waals surface area contributed by atoms with Gasteiger partial charge in [-0.1, -0.05) is 25.7 Å². The molecule has 1 spiro atoms. The molecule has 0 unspecified atom stereocenters. The summed E-state index contributed by atoms with van der Waals surface area (Å²) in [7, 11) is 0. The molecule has 1 saturated carbocycles. The maximum Gasteiger partial charge on any atom is 0.0762 e. The lowest BCUT2D eigenvalue weighted by molar-refractivity contribution is 0.286. The highest BCUT2D eigenvalue weighted by Crippen LogP contribution is 2.38. The number of pyridine rings is 1. The molecule has 2 N–H and O–H groups in total. The van der Waals surface area contributed by atoms with Crippen LogP contribution in [0.25, 0.3) is 0 Å². The Morgan fingerprint density at radius 2 is 1.65 bits per heavy atom. The van der Waals surface area contributed by atoms with E-state index >= 15 is 0 Å². The number of hydrogen-bond acceptors (Lipinski definition) is 3. The molecule has 0 atom stereocenters. The first-order valence-electron chi connectivity index (χ1n) is 6.80. The van der Waals surface area contributed by atoms with Crippen LogP contribution in [0.4, 0.5) is 11.4 Å². The molecule has 0 aromatic carbocycles. The Hall–Kier alpha value is -1.25. The van der Waals surface area contributed by atoms with E-state index in [2.05, 4.69) is 21.7 Å². The van der Waals surface area contributed by atoms with E-state index in [4.69, 9.17) is 0 Å². The predicted octanol–water partition coefficient (Wildman–Crippen LogP) is 3.26. The Bertz CT molecular complexity index is 352. The Kier molecular flexibility index (Phi) is 2.91. The van der Waals surface area contributed by atoms with E-state index in [-0.39, 0.29) is 0 Å². The van der Waals surface area contributed by atoms with Gasteiger partial charge in [-0.05, 0) is 18.9 Å². The van der Waals surface area contributed by atoms with Crippen LogP contribution in [-0.2, 0) is 0 Å². The van der Waals surface area contributed by atoms with E-state index in [1.54, 1.807) is 0 Å². The van der Waals surface area contributed by atoms with Crippen molar-refractivity contribution in [2.75, 3.05) is 23.7 Å². The first-order chi connectivity index (χ1) is 8.38. The molecular formula is C14H21N3. The third-order valence-corrected chi connectivity index (χ3v) is 4.29. The topological polar surface area (TPSA) is 37.0 Å². The summed E-state index contributed by atoms with van der Waals surface area (Å²) >= 11 is 0. The van der Waals surface area contributed by atoms with Crippen LogP contribution in [0.3, 0.4) is 0 Å². The number of hydrogen-bond donors (Lipinski definition) is 2. The third kappa shape index (κ3) is 2.24. The SMILES string of the molecule is c1cc2c(cn1)NCC1(CCCCCC1)CN2. The second kappa shape index (κ2) is 4.55. The molecule has 0 amide bonds. The molecular weight excluding hydrogens is 210 g/mol. The lowest BCUT2D eigenvalue weighted by atomic mass is 9.80. The summed E-state index contributed by atoms with van der Waals surface area (Å²) < 4.78 is 0. The highest BCUT2D eigenvalue weighted by Gasteiger charge is 2.32. The molecule has 3 nitrogen and oxygen atoms in total. The Labute approximate surface area is 103 Å². The molecule has 2 heterocycles. The summed E-state index contributed by atoms with van der Waals surface area (Å²) in [6, 6.07) is 2.07. The lowest BCUT2D eigenvalue weighted by Gasteiger charge is -2.31. The van der Waals surface area contributed by atoms with Gasteiger partial charge in [-0.25, -0.2) is 0 Å². The van der Waals surface area contributed by atoms with Crippen LogP contribution in [0.15, 0.2) is 18.5 Å². The molecule has 0 saturated heterocycles. The van der Waals surface area contributed by atoms with Crippen LogP contribution in [0, 0.1) is 5.41 Å². The summed E-state index contributed by atoms with van der Waals surface area (Å²) in [5.74, 6) is 0. The van der Waals surface area contributed by atoms with Crippen LogP contribution in [0.5, 0.6) is 0 Å². The largest absolute Gasteiger partial charge is 0.383 e. The maximum absolute atomic E-state index is 4.19. The molecule has 17 heavy (non-hydrogen) atoms. The minimum absolute atomic E-state index is 0.454. The van der Waals surface area contributed by atoms with Crippen molar-refractivity contribution in [3.63, 3.8) is 0 Å². The van der Waals surface area contributed by atoms with Crippen molar-refractivity contribution >= 4 is 11.4 Å². The van der Waals surface area contributed by atoms with Crippen molar-refractivity contribution in [1.29, 1.82) is 0 Å². The molecule has 0 bridgehead atoms. The molecule has 1 fully saturated rings. The normalized spacial score (nSPS) is 22.8. The zero-order valence-corrected chi connectivity index (χ0v) is 10.3. The predicted molar refractivity (Wildman–Crippen MR) is 71.4 cm³/mol. The van der Waals surface area contributed by atoms with Crippen molar-refractivity contribution in [3.8, 4) is 0 Å². The quantitative estimate of drug-likeness (QED) is 0.719. The molecule has 1 aliphatic heterocycles. The minimum atomic E-state index is 0.454. The van der Waals surface area contributed by atoms with E-state index in [9.17, 15) is 0 Å². The first kappa shape index (κ1) is 10.9. The summed E-state index contributed by atoms with van der Waals surface area (Å²) in [4.78, 5) is 4.19. The molecule has 1 aromatic heterocycles. The van der Waals surface area contributed by atoms with E-state index in [0.717, 1.165) is 18.8 Å². The molecule has 92 valence electrons. The molecule has 3 heteroatoms. The average Bonchev–Trinajstić information content (AvgIpc) is 2.70. The van der Waals surface area contributed by atoms with Gasteiger partial charge in [0.05, 0.1) is 17.6 Å². The second-order valence-electron chi connectivity index (χ2n) is 5.54. The van der Waals surface area contributed by atoms with Gasteiger partial charge in [0, 0.05) is 24.7 Å². The zero-order chi connectivity index (χ0) is 11.6. The van der Waals surface area contributed by atoms with Crippen LogP contribution in [-0.4, -0.2) is 18.1 Å². The van der Waals surface area contributed by atoms with E-state index < -0.39 is 0 Å². The van der Waals surface area contributed by atoms with Crippen LogP contribution in [0.2, 0.25) is 0 Å². The highest BCUT2D eigenvalue weighted by atomic mass is 15.0. The fourth-order valence-corrected chi connectivity index (χ4v) is 3.15. The zero-order valence-electron chi connectivity index (χ0n) is 10.3. The van der Waals surface area contributed by atoms with Crippen molar-refractivity contribution in [1.82, 2.24) is 4.98 Å². The molecule has 0 radical (unpaired) electrons. The summed E-state index contributed by atoms with van der Waals surface area (Å²) in [5, 5.41) is 7.20. The van der Waals surface area contributed by atoms with Gasteiger partial charge < -0.3 is 10.6 Å². The van der Waals surface area contributed by atoms with Crippen molar-refractivity contribution < 1.29 is 0 Å². The van der Waals surface area contributed by atoms with Crippen LogP contribution in [0.1, 0.15) is 38.5 Å². The Morgan fingerprint density at radius 3 is 2.41 bits per heavy atom. The fourth-order valence-electron chi connectivity index (χ4n) is 3.15. The monoisotopic (exact) mass is 231 g/mol. The number of rotatable bonds is 0. The summed E-state index contributed by atoms with van der Waals surface area (Å²) in [5.41, 5.74) is 2.82. The van der Waals surface area contributed by atoms with Gasteiger partial charge in [-0.3, -0.25) is 4.98 Å². The summed E-state index contributed by atoms with van der Waals surface area (Å²) in [6.45, 7) is 2.20. The molecule has 1 aromatic rings. The van der Waals surface area contributed by atoms with Gasteiger partial charge in [0.2, 0.25) is 0 Å². The lowest BCUT2D eigenvalue weighted by Crippen LogP contribution is -2.34. The number of anilines is 2. The van der Waals surface area contributed by atoms with Gasteiger partial charge in [0.25, 0.3) is 0 Å². The second-order valence-corrected chi connectivity index (χ2v) is 5.54. The first-order valence-corrected chi connectivity index (χ1v) is 6.80. The van der Waals surface area contributed by atoms with Gasteiger partial charge in [-0.2, -0.15) is 0 Å². The van der Waals surface area contributed by atoms with Crippen molar-refractivity contribution in [2.24, 2.45) is 5.41 Å². The highest BCUT2D eigenvalue weighted by molar-refractivity contribution is 5.68. The standard InChI is InChI=1S/C14H21N3/c1-2-4-7-14(6-3-1)10-16-12-5-8-15-9-13(12)17-11-14/h5,8-9,16-17H,1-4,6-7,10-11H2. The van der Waals surface area contributed by atoms with Crippen LogP contribution >= 0.6 is 0 Å². The maximum atomic E-state index is 4.19. The van der Waals surface area contributed by atoms with E-state index in [0.29, 0.717) is 5.41 Å². The van der Waals surface area contributed by atoms with E-state index in [1.165, 1.54) is 44.2 Å². The van der Waals surface area contributed by atoms with Crippen molar-refractivity contribution in [3.05, 3.63) is 18.5 Å². The number of fused-ring (bicyclic) bond motifs is 1.